The fourth-order valence-corrected chi connectivity index (χ4v) is 1.13. The molecular formula is C14H13NO2. The number of hydrogen-bond donors (Lipinski definition) is 1. The van der Waals surface area contributed by atoms with Gasteiger partial charge in [-0.1, -0.05) is 48.5 Å². The summed E-state index contributed by atoms with van der Waals surface area (Å²) in [6.45, 7) is 0. The maximum Gasteiger partial charge on any atom is 0.248 e. The Balaban J connectivity index is 0.000000171. The van der Waals surface area contributed by atoms with Crippen LogP contribution in [-0.4, -0.2) is 12.2 Å². The molecule has 2 aromatic carbocycles. The molecule has 86 valence electrons. The minimum atomic E-state index is -0.379. The summed E-state index contributed by atoms with van der Waals surface area (Å²) >= 11 is 0. The number of amides is 1. The van der Waals surface area contributed by atoms with Crippen molar-refractivity contribution in [1.29, 1.82) is 0 Å². The Bertz CT molecular complexity index is 466. The topological polar surface area (TPSA) is 60.2 Å². The van der Waals surface area contributed by atoms with Gasteiger partial charge in [0, 0.05) is 11.1 Å². The van der Waals surface area contributed by atoms with Crippen LogP contribution in [0.15, 0.2) is 60.7 Å². The van der Waals surface area contributed by atoms with Crippen LogP contribution in [0.1, 0.15) is 20.7 Å². The van der Waals surface area contributed by atoms with E-state index >= 15 is 0 Å². The molecule has 0 saturated carbocycles. The minimum Gasteiger partial charge on any atom is -0.366 e. The molecule has 0 unspecified atom stereocenters. The van der Waals surface area contributed by atoms with Crippen LogP contribution in [0.2, 0.25) is 0 Å². The van der Waals surface area contributed by atoms with E-state index in [-0.39, 0.29) is 5.91 Å². The van der Waals surface area contributed by atoms with Crippen molar-refractivity contribution < 1.29 is 9.59 Å². The highest BCUT2D eigenvalue weighted by atomic mass is 16.1. The molecule has 0 radical (unpaired) electrons. The van der Waals surface area contributed by atoms with E-state index in [9.17, 15) is 9.59 Å². The maximum atomic E-state index is 10.4. The third-order valence-corrected chi connectivity index (χ3v) is 1.99. The van der Waals surface area contributed by atoms with Crippen molar-refractivity contribution in [2.24, 2.45) is 5.73 Å². The van der Waals surface area contributed by atoms with Gasteiger partial charge in [-0.2, -0.15) is 0 Å². The molecule has 3 heteroatoms. The van der Waals surface area contributed by atoms with Gasteiger partial charge in [0.1, 0.15) is 6.29 Å². The Morgan fingerprint density at radius 3 is 1.65 bits per heavy atom. The molecule has 0 spiro atoms. The molecule has 0 aliphatic rings. The van der Waals surface area contributed by atoms with Crippen molar-refractivity contribution in [2.75, 3.05) is 0 Å². The van der Waals surface area contributed by atoms with Crippen LogP contribution >= 0.6 is 0 Å². The lowest BCUT2D eigenvalue weighted by atomic mass is 10.2. The summed E-state index contributed by atoms with van der Waals surface area (Å²) < 4.78 is 0. The second kappa shape index (κ2) is 6.95. The van der Waals surface area contributed by atoms with Crippen LogP contribution in [0.4, 0.5) is 0 Å². The molecule has 1 amide bonds. The van der Waals surface area contributed by atoms with Gasteiger partial charge in [0.05, 0.1) is 0 Å². The number of rotatable bonds is 2. The Morgan fingerprint density at radius 1 is 0.882 bits per heavy atom. The Hall–Kier alpha value is -2.42. The average molecular weight is 227 g/mol. The van der Waals surface area contributed by atoms with E-state index in [1.54, 1.807) is 36.4 Å². The Morgan fingerprint density at radius 2 is 1.35 bits per heavy atom. The number of hydrogen-bond acceptors (Lipinski definition) is 2. The molecule has 0 aliphatic heterocycles. The summed E-state index contributed by atoms with van der Waals surface area (Å²) in [6.07, 6.45) is 0.833. The Kier molecular flexibility index (Phi) is 5.17. The van der Waals surface area contributed by atoms with Gasteiger partial charge in [0.25, 0.3) is 0 Å². The second-order valence-electron chi connectivity index (χ2n) is 3.26. The maximum absolute atomic E-state index is 10.4. The first kappa shape index (κ1) is 12.6. The van der Waals surface area contributed by atoms with E-state index in [1.165, 1.54) is 0 Å². The molecule has 0 fully saturated rings. The molecule has 3 nitrogen and oxygen atoms in total. The Labute approximate surface area is 99.9 Å². The van der Waals surface area contributed by atoms with E-state index in [4.69, 9.17) is 5.73 Å². The fraction of sp³-hybridized carbons (Fsp3) is 0. The molecule has 0 aliphatic carbocycles. The van der Waals surface area contributed by atoms with Gasteiger partial charge in [0.2, 0.25) is 5.91 Å². The zero-order valence-electron chi connectivity index (χ0n) is 9.24. The minimum absolute atomic E-state index is 0.379. The fourth-order valence-electron chi connectivity index (χ4n) is 1.13. The van der Waals surface area contributed by atoms with E-state index in [1.807, 2.05) is 24.3 Å². The van der Waals surface area contributed by atoms with Crippen molar-refractivity contribution in [3.05, 3.63) is 71.8 Å². The first-order valence-electron chi connectivity index (χ1n) is 5.09. The number of aldehydes is 1. The highest BCUT2D eigenvalue weighted by Crippen LogP contribution is 1.94. The highest BCUT2D eigenvalue weighted by Gasteiger charge is 1.93. The van der Waals surface area contributed by atoms with Crippen LogP contribution in [-0.2, 0) is 0 Å². The van der Waals surface area contributed by atoms with Gasteiger partial charge >= 0.3 is 0 Å². The van der Waals surface area contributed by atoms with Crippen molar-refractivity contribution in [3.63, 3.8) is 0 Å². The standard InChI is InChI=1S/C7H7NO.C7H6O/c8-7(9)6-4-2-1-3-5-6;8-6-7-4-2-1-3-5-7/h1-5H,(H2,8,9);1-6H. The lowest BCUT2D eigenvalue weighted by Crippen LogP contribution is -2.09. The van der Waals surface area contributed by atoms with E-state index in [0.717, 1.165) is 11.8 Å². The molecular weight excluding hydrogens is 214 g/mol. The molecule has 0 saturated heterocycles. The van der Waals surface area contributed by atoms with Crippen molar-refractivity contribution >= 4 is 12.2 Å². The average Bonchev–Trinajstić information content (AvgIpc) is 2.41. The molecule has 2 rings (SSSR count). The monoisotopic (exact) mass is 227 g/mol. The molecule has 0 heterocycles. The van der Waals surface area contributed by atoms with Crippen molar-refractivity contribution in [3.8, 4) is 0 Å². The quantitative estimate of drug-likeness (QED) is 0.800. The molecule has 0 aromatic heterocycles. The first-order chi connectivity index (χ1) is 8.24. The number of carbonyl (C=O) groups excluding carboxylic acids is 2. The lowest BCUT2D eigenvalue weighted by molar-refractivity contribution is 0.1000. The number of primary amides is 1. The zero-order valence-corrected chi connectivity index (χ0v) is 9.24. The van der Waals surface area contributed by atoms with Gasteiger partial charge in [-0.05, 0) is 12.1 Å². The number of nitrogens with two attached hydrogens (primary N) is 1. The lowest BCUT2D eigenvalue weighted by Gasteiger charge is -1.89. The van der Waals surface area contributed by atoms with Crippen molar-refractivity contribution in [2.45, 2.75) is 0 Å². The molecule has 2 aromatic rings. The SMILES string of the molecule is NC(=O)c1ccccc1.O=Cc1ccccc1. The van der Waals surface area contributed by atoms with E-state index < -0.39 is 0 Å². The summed E-state index contributed by atoms with van der Waals surface area (Å²) in [4.78, 5) is 20.4. The molecule has 2 N–H and O–H groups in total. The van der Waals surface area contributed by atoms with Crippen LogP contribution < -0.4 is 5.73 Å². The second-order valence-corrected chi connectivity index (χ2v) is 3.26. The van der Waals surface area contributed by atoms with Crippen LogP contribution in [0.25, 0.3) is 0 Å². The van der Waals surface area contributed by atoms with E-state index in [2.05, 4.69) is 0 Å². The summed E-state index contributed by atoms with van der Waals surface area (Å²) in [5.74, 6) is -0.379. The first-order valence-corrected chi connectivity index (χ1v) is 5.09. The van der Waals surface area contributed by atoms with Crippen molar-refractivity contribution in [1.82, 2.24) is 0 Å². The zero-order chi connectivity index (χ0) is 12.5. The van der Waals surface area contributed by atoms with Gasteiger partial charge < -0.3 is 5.73 Å². The summed E-state index contributed by atoms with van der Waals surface area (Å²) in [5.41, 5.74) is 6.26. The largest absolute Gasteiger partial charge is 0.366 e. The molecule has 0 atom stereocenters. The third-order valence-electron chi connectivity index (χ3n) is 1.99. The summed E-state index contributed by atoms with van der Waals surface area (Å²) in [6, 6.07) is 17.9. The molecule has 17 heavy (non-hydrogen) atoms. The van der Waals surface area contributed by atoms with Gasteiger partial charge in [0.15, 0.2) is 0 Å². The van der Waals surface area contributed by atoms with Crippen LogP contribution in [0.3, 0.4) is 0 Å². The smallest absolute Gasteiger partial charge is 0.248 e. The number of benzene rings is 2. The predicted molar refractivity (Wildman–Crippen MR) is 66.8 cm³/mol. The van der Waals surface area contributed by atoms with Gasteiger partial charge in [-0.15, -0.1) is 0 Å². The van der Waals surface area contributed by atoms with Gasteiger partial charge in [-0.25, -0.2) is 0 Å². The molecule has 0 bridgehead atoms. The van der Waals surface area contributed by atoms with Gasteiger partial charge in [-0.3, -0.25) is 9.59 Å². The van der Waals surface area contributed by atoms with Crippen LogP contribution in [0, 0.1) is 0 Å². The highest BCUT2D eigenvalue weighted by molar-refractivity contribution is 5.92. The predicted octanol–water partition coefficient (Wildman–Crippen LogP) is 2.28. The third kappa shape index (κ3) is 4.75. The van der Waals surface area contributed by atoms with E-state index in [0.29, 0.717) is 5.56 Å². The van der Waals surface area contributed by atoms with Crippen LogP contribution in [0.5, 0.6) is 0 Å². The summed E-state index contributed by atoms with van der Waals surface area (Å²) in [5, 5.41) is 0. The number of carbonyl (C=O) groups is 2. The summed E-state index contributed by atoms with van der Waals surface area (Å²) in [7, 11) is 0. The normalized spacial score (nSPS) is 8.71.